The number of sulfone groups is 1. The van der Waals surface area contributed by atoms with Crippen LogP contribution in [0.5, 0.6) is 5.75 Å². The molecule has 148 valence electrons. The Morgan fingerprint density at radius 1 is 1.26 bits per heavy atom. The zero-order valence-corrected chi connectivity index (χ0v) is 16.6. The summed E-state index contributed by atoms with van der Waals surface area (Å²) in [5, 5.41) is 10.6. The van der Waals surface area contributed by atoms with Gasteiger partial charge < -0.3 is 15.4 Å². The molecule has 2 N–H and O–H groups in total. The fourth-order valence-corrected chi connectivity index (χ4v) is 2.95. The third-order valence-corrected chi connectivity index (χ3v) is 4.76. The van der Waals surface area contributed by atoms with Crippen LogP contribution in [0, 0.1) is 0 Å². The normalized spacial score (nSPS) is 12.0. The van der Waals surface area contributed by atoms with Crippen LogP contribution in [-0.4, -0.2) is 56.7 Å². The van der Waals surface area contributed by atoms with E-state index in [9.17, 15) is 8.42 Å². The number of guanidine groups is 1. The monoisotopic (exact) mass is 393 g/mol. The molecule has 0 saturated carbocycles. The molecule has 1 aromatic heterocycles. The van der Waals surface area contributed by atoms with Crippen molar-refractivity contribution in [3.05, 3.63) is 42.7 Å². The third-order valence-electron chi connectivity index (χ3n) is 3.63. The van der Waals surface area contributed by atoms with Gasteiger partial charge in [-0.3, -0.25) is 9.67 Å². The largest absolute Gasteiger partial charge is 0.492 e. The van der Waals surface area contributed by atoms with Crippen LogP contribution in [0.15, 0.2) is 52.6 Å². The van der Waals surface area contributed by atoms with Gasteiger partial charge in [-0.2, -0.15) is 5.10 Å². The molecule has 0 radical (unpaired) electrons. The Kier molecular flexibility index (Phi) is 8.12. The van der Waals surface area contributed by atoms with Gasteiger partial charge in [-0.1, -0.05) is 0 Å². The van der Waals surface area contributed by atoms with Crippen molar-refractivity contribution in [2.24, 2.45) is 4.99 Å². The topological polar surface area (TPSA) is 97.6 Å². The number of hydrogen-bond acceptors (Lipinski definition) is 5. The first-order valence-electron chi connectivity index (χ1n) is 8.91. The highest BCUT2D eigenvalue weighted by Gasteiger charge is 2.06. The first-order valence-corrected chi connectivity index (χ1v) is 10.8. The van der Waals surface area contributed by atoms with Crippen molar-refractivity contribution in [2.45, 2.75) is 24.8 Å². The summed E-state index contributed by atoms with van der Waals surface area (Å²) < 4.78 is 30.4. The molecule has 0 aliphatic carbocycles. The minimum Gasteiger partial charge on any atom is -0.492 e. The van der Waals surface area contributed by atoms with Gasteiger partial charge in [0.05, 0.1) is 11.4 Å². The predicted octanol–water partition coefficient (Wildman–Crippen LogP) is 1.31. The molecule has 2 aromatic rings. The summed E-state index contributed by atoms with van der Waals surface area (Å²) in [7, 11) is -3.19. The Bertz CT molecular complexity index is 802. The molecule has 0 fully saturated rings. The lowest BCUT2D eigenvalue weighted by Gasteiger charge is -2.12. The van der Waals surface area contributed by atoms with Crippen LogP contribution in [0.25, 0.3) is 0 Å². The fourth-order valence-electron chi connectivity index (χ4n) is 2.32. The predicted molar refractivity (Wildman–Crippen MR) is 106 cm³/mol. The summed E-state index contributed by atoms with van der Waals surface area (Å²) >= 11 is 0. The quantitative estimate of drug-likeness (QED) is 0.359. The lowest BCUT2D eigenvalue weighted by atomic mass is 10.3. The van der Waals surface area contributed by atoms with E-state index in [0.717, 1.165) is 25.5 Å². The van der Waals surface area contributed by atoms with E-state index in [4.69, 9.17) is 4.74 Å². The third kappa shape index (κ3) is 7.69. The molecule has 0 bridgehead atoms. The molecule has 0 amide bonds. The van der Waals surface area contributed by atoms with E-state index in [1.165, 1.54) is 6.26 Å². The average Bonchev–Trinajstić information content (AvgIpc) is 3.15. The van der Waals surface area contributed by atoms with Gasteiger partial charge in [0.1, 0.15) is 12.4 Å². The van der Waals surface area contributed by atoms with Crippen molar-refractivity contribution in [2.75, 3.05) is 32.5 Å². The summed E-state index contributed by atoms with van der Waals surface area (Å²) in [4.78, 5) is 4.81. The van der Waals surface area contributed by atoms with E-state index in [0.29, 0.717) is 25.4 Å². The Morgan fingerprint density at radius 3 is 2.67 bits per heavy atom. The Balaban J connectivity index is 1.71. The standard InChI is InChI=1S/C18H27N5O3S/c1-3-19-18(20-10-4-13-23-14-5-11-22-23)21-12-15-26-16-6-8-17(9-7-16)27(2,24)25/h5-9,11,14H,3-4,10,12-13,15H2,1-2H3,(H2,19,20,21). The highest BCUT2D eigenvalue weighted by Crippen LogP contribution is 2.15. The molecule has 2 rings (SSSR count). The summed E-state index contributed by atoms with van der Waals surface area (Å²) in [6, 6.07) is 8.31. The molecule has 8 nitrogen and oxygen atoms in total. The number of hydrogen-bond donors (Lipinski definition) is 2. The smallest absolute Gasteiger partial charge is 0.191 e. The molecule has 1 aromatic carbocycles. The number of ether oxygens (including phenoxy) is 1. The van der Waals surface area contributed by atoms with E-state index >= 15 is 0 Å². The van der Waals surface area contributed by atoms with E-state index in [2.05, 4.69) is 20.7 Å². The minimum absolute atomic E-state index is 0.282. The van der Waals surface area contributed by atoms with Crippen molar-refractivity contribution >= 4 is 15.8 Å². The Labute approximate surface area is 160 Å². The first kappa shape index (κ1) is 20.8. The van der Waals surface area contributed by atoms with Gasteiger partial charge in [-0.05, 0) is 43.7 Å². The van der Waals surface area contributed by atoms with Gasteiger partial charge in [-0.15, -0.1) is 0 Å². The van der Waals surface area contributed by atoms with Gasteiger partial charge >= 0.3 is 0 Å². The van der Waals surface area contributed by atoms with Crippen LogP contribution in [-0.2, 0) is 16.4 Å². The van der Waals surface area contributed by atoms with Gasteiger partial charge in [-0.25, -0.2) is 8.42 Å². The van der Waals surface area contributed by atoms with Crippen LogP contribution in [0.4, 0.5) is 0 Å². The molecule has 27 heavy (non-hydrogen) atoms. The fraction of sp³-hybridized carbons (Fsp3) is 0.444. The van der Waals surface area contributed by atoms with Gasteiger partial charge in [0.15, 0.2) is 15.8 Å². The van der Waals surface area contributed by atoms with Crippen LogP contribution in [0.1, 0.15) is 13.3 Å². The Hall–Kier alpha value is -2.55. The second-order valence-electron chi connectivity index (χ2n) is 5.90. The average molecular weight is 394 g/mol. The molecule has 0 aliphatic rings. The Morgan fingerprint density at radius 2 is 2.04 bits per heavy atom. The molecule has 0 unspecified atom stereocenters. The summed E-state index contributed by atoms with van der Waals surface area (Å²) in [5.74, 6) is 1.37. The second kappa shape index (κ2) is 10.6. The van der Waals surface area contributed by atoms with Crippen molar-refractivity contribution < 1.29 is 13.2 Å². The summed E-state index contributed by atoms with van der Waals surface area (Å²) in [5.41, 5.74) is 0. The molecule has 0 saturated heterocycles. The molecular weight excluding hydrogens is 366 g/mol. The molecule has 0 spiro atoms. The van der Waals surface area contributed by atoms with Crippen molar-refractivity contribution in [1.82, 2.24) is 20.4 Å². The number of aliphatic imine (C=N–C) groups is 1. The van der Waals surface area contributed by atoms with Crippen LogP contribution in [0.2, 0.25) is 0 Å². The molecule has 9 heteroatoms. The highest BCUT2D eigenvalue weighted by molar-refractivity contribution is 7.90. The second-order valence-corrected chi connectivity index (χ2v) is 7.92. The lowest BCUT2D eigenvalue weighted by molar-refractivity contribution is 0.321. The van der Waals surface area contributed by atoms with E-state index < -0.39 is 9.84 Å². The summed E-state index contributed by atoms with van der Waals surface area (Å²) in [6.45, 7) is 5.35. The van der Waals surface area contributed by atoms with Crippen molar-refractivity contribution in [3.63, 3.8) is 0 Å². The van der Waals surface area contributed by atoms with Crippen molar-refractivity contribution in [3.8, 4) is 5.75 Å². The number of nitrogens with one attached hydrogen (secondary N) is 2. The maximum absolute atomic E-state index is 11.4. The van der Waals surface area contributed by atoms with Gasteiger partial charge in [0.2, 0.25) is 0 Å². The van der Waals surface area contributed by atoms with Crippen LogP contribution >= 0.6 is 0 Å². The van der Waals surface area contributed by atoms with Gasteiger partial charge in [0, 0.05) is 38.3 Å². The van der Waals surface area contributed by atoms with Crippen LogP contribution < -0.4 is 15.4 Å². The number of rotatable bonds is 10. The zero-order chi connectivity index (χ0) is 19.5. The highest BCUT2D eigenvalue weighted by atomic mass is 32.2. The molecule has 0 aliphatic heterocycles. The molecular formula is C18H27N5O3S. The van der Waals surface area contributed by atoms with Gasteiger partial charge in [0.25, 0.3) is 0 Å². The minimum atomic E-state index is -3.19. The van der Waals surface area contributed by atoms with Crippen LogP contribution in [0.3, 0.4) is 0 Å². The number of benzene rings is 1. The zero-order valence-electron chi connectivity index (χ0n) is 15.8. The van der Waals surface area contributed by atoms with E-state index in [-0.39, 0.29) is 4.90 Å². The number of aromatic nitrogens is 2. The van der Waals surface area contributed by atoms with E-state index in [1.54, 1.807) is 30.5 Å². The number of nitrogens with zero attached hydrogens (tertiary/aromatic N) is 3. The lowest BCUT2D eigenvalue weighted by Crippen LogP contribution is -2.39. The summed E-state index contributed by atoms with van der Waals surface area (Å²) in [6.07, 6.45) is 5.79. The number of aryl methyl sites for hydroxylation is 1. The maximum Gasteiger partial charge on any atom is 0.191 e. The first-order chi connectivity index (χ1) is 13.0. The van der Waals surface area contributed by atoms with Crippen molar-refractivity contribution in [1.29, 1.82) is 0 Å². The maximum atomic E-state index is 11.4. The molecule has 1 heterocycles. The SMILES string of the molecule is CCNC(=NCCCn1cccn1)NCCOc1ccc(S(C)(=O)=O)cc1. The molecule has 0 atom stereocenters. The van der Waals surface area contributed by atoms with E-state index in [1.807, 2.05) is 23.9 Å².